The van der Waals surface area contributed by atoms with E-state index < -0.39 is 11.0 Å². The number of esters is 1. The molecule has 5 nitrogen and oxygen atoms in total. The monoisotopic (exact) mass is 467 g/mol. The van der Waals surface area contributed by atoms with Crippen molar-refractivity contribution in [2.75, 3.05) is 12.4 Å². The molecule has 0 saturated heterocycles. The van der Waals surface area contributed by atoms with Gasteiger partial charge in [-0.3, -0.25) is 5.32 Å². The molecule has 2 aliphatic rings. The fraction of sp³-hybridized carbons (Fsp3) is 0.481. The number of alkyl carbamates (subject to hydrolysis) is 1. The number of benzene rings is 2. The van der Waals surface area contributed by atoms with Crippen LogP contribution in [0.25, 0.3) is 11.1 Å². The first kappa shape index (κ1) is 23.7. The first-order chi connectivity index (χ1) is 16.0. The summed E-state index contributed by atoms with van der Waals surface area (Å²) in [5, 5.41) is 2.83. The third-order valence-electron chi connectivity index (χ3n) is 6.54. The maximum Gasteiger partial charge on any atom is 0.408 e. The minimum absolute atomic E-state index is 0.0207. The minimum atomic E-state index is -1.17. The number of thioether (sulfide) groups is 1. The molecular formula is C27H33NO4S. The van der Waals surface area contributed by atoms with Gasteiger partial charge in [-0.15, -0.1) is 11.8 Å². The second kappa shape index (κ2) is 10.6. The Labute approximate surface area is 200 Å². The zero-order chi connectivity index (χ0) is 23.3. The molecule has 0 spiro atoms. The van der Waals surface area contributed by atoms with E-state index in [1.54, 1.807) is 6.92 Å². The summed E-state index contributed by atoms with van der Waals surface area (Å²) in [6, 6.07) is 16.5. The quantitative estimate of drug-likeness (QED) is 0.268. The molecule has 6 heteroatoms. The smallest absolute Gasteiger partial charge is 0.408 e. The molecule has 0 aliphatic heterocycles. The first-order valence-electron chi connectivity index (χ1n) is 12.0. The summed E-state index contributed by atoms with van der Waals surface area (Å²) >= 11 is 1.42. The fourth-order valence-corrected chi connectivity index (χ4v) is 5.83. The number of carbonyl (C=O) groups is 2. The van der Waals surface area contributed by atoms with Gasteiger partial charge in [-0.05, 0) is 67.0 Å². The highest BCUT2D eigenvalue weighted by molar-refractivity contribution is 8.01. The third-order valence-corrected chi connectivity index (χ3v) is 7.88. The molecule has 2 aromatic rings. The summed E-state index contributed by atoms with van der Waals surface area (Å²) in [7, 11) is 0. The van der Waals surface area contributed by atoms with Crippen molar-refractivity contribution < 1.29 is 19.1 Å². The molecule has 2 aromatic carbocycles. The molecule has 1 unspecified atom stereocenters. The maximum absolute atomic E-state index is 13.0. The molecule has 1 saturated carbocycles. The lowest BCUT2D eigenvalue weighted by molar-refractivity contribution is -0.152. The number of ether oxygens (including phenoxy) is 2. The SMILES string of the molecule is CCCCSC(C)(NC(=O)OCC1c2ccccc2-c2ccccc21)C(=O)OC1CCCC1. The van der Waals surface area contributed by atoms with E-state index >= 15 is 0 Å². The molecule has 2 aliphatic carbocycles. The van der Waals surface area contributed by atoms with Gasteiger partial charge in [0.15, 0.2) is 4.87 Å². The predicted octanol–water partition coefficient (Wildman–Crippen LogP) is 6.26. The number of carbonyl (C=O) groups excluding carboxylic acids is 2. The molecule has 176 valence electrons. The Bertz CT molecular complexity index is 942. The average Bonchev–Trinajstić information content (AvgIpc) is 3.44. The Morgan fingerprint density at radius 2 is 1.64 bits per heavy atom. The fourth-order valence-electron chi connectivity index (χ4n) is 4.67. The molecule has 1 atom stereocenters. The van der Waals surface area contributed by atoms with Crippen molar-refractivity contribution in [1.82, 2.24) is 5.32 Å². The molecule has 4 rings (SSSR count). The minimum Gasteiger partial charge on any atom is -0.460 e. The molecule has 0 heterocycles. The highest BCUT2D eigenvalue weighted by atomic mass is 32.2. The van der Waals surface area contributed by atoms with Crippen molar-refractivity contribution in [1.29, 1.82) is 0 Å². The van der Waals surface area contributed by atoms with Crippen LogP contribution >= 0.6 is 11.8 Å². The van der Waals surface area contributed by atoms with E-state index in [-0.39, 0.29) is 24.6 Å². The molecule has 1 N–H and O–H groups in total. The lowest BCUT2D eigenvalue weighted by Crippen LogP contribution is -2.51. The zero-order valence-corrected chi connectivity index (χ0v) is 20.3. The molecule has 0 aromatic heterocycles. The Kier molecular flexibility index (Phi) is 7.63. The Morgan fingerprint density at radius 1 is 1.03 bits per heavy atom. The predicted molar refractivity (Wildman–Crippen MR) is 132 cm³/mol. The van der Waals surface area contributed by atoms with E-state index in [0.717, 1.165) is 55.4 Å². The summed E-state index contributed by atoms with van der Waals surface area (Å²) in [5.74, 6) is 0.354. The van der Waals surface area contributed by atoms with Crippen LogP contribution in [0.3, 0.4) is 0 Å². The number of fused-ring (bicyclic) bond motifs is 3. The highest BCUT2D eigenvalue weighted by Crippen LogP contribution is 2.44. The van der Waals surface area contributed by atoms with Gasteiger partial charge in [0.2, 0.25) is 0 Å². The summed E-state index contributed by atoms with van der Waals surface area (Å²) in [4.78, 5) is 24.7. The van der Waals surface area contributed by atoms with E-state index in [0.29, 0.717) is 0 Å². The number of hydrogen-bond donors (Lipinski definition) is 1. The van der Waals surface area contributed by atoms with Gasteiger partial charge >= 0.3 is 12.1 Å². The van der Waals surface area contributed by atoms with E-state index in [1.807, 2.05) is 24.3 Å². The first-order valence-corrected chi connectivity index (χ1v) is 13.0. The average molecular weight is 468 g/mol. The van der Waals surface area contributed by atoms with Gasteiger partial charge in [0.05, 0.1) is 0 Å². The van der Waals surface area contributed by atoms with Crippen LogP contribution in [0.2, 0.25) is 0 Å². The van der Waals surface area contributed by atoms with E-state index in [1.165, 1.54) is 22.9 Å². The van der Waals surface area contributed by atoms with Crippen LogP contribution in [0.4, 0.5) is 4.79 Å². The van der Waals surface area contributed by atoms with Gasteiger partial charge in [-0.25, -0.2) is 9.59 Å². The van der Waals surface area contributed by atoms with Crippen LogP contribution in [0.1, 0.15) is 69.4 Å². The number of nitrogens with one attached hydrogen (secondary N) is 1. The van der Waals surface area contributed by atoms with Crippen molar-refractivity contribution in [3.05, 3.63) is 59.7 Å². The topological polar surface area (TPSA) is 64.6 Å². The van der Waals surface area contributed by atoms with Gasteiger partial charge < -0.3 is 9.47 Å². The Hall–Kier alpha value is -2.47. The number of rotatable bonds is 9. The van der Waals surface area contributed by atoms with Crippen LogP contribution in [0.5, 0.6) is 0 Å². The highest BCUT2D eigenvalue weighted by Gasteiger charge is 2.40. The molecule has 33 heavy (non-hydrogen) atoms. The van der Waals surface area contributed by atoms with Crippen molar-refractivity contribution in [3.63, 3.8) is 0 Å². The van der Waals surface area contributed by atoms with Crippen LogP contribution < -0.4 is 5.32 Å². The number of hydrogen-bond acceptors (Lipinski definition) is 5. The summed E-state index contributed by atoms with van der Waals surface area (Å²) in [6.45, 7) is 4.05. The molecule has 0 bridgehead atoms. The van der Waals surface area contributed by atoms with E-state index in [9.17, 15) is 9.59 Å². The summed E-state index contributed by atoms with van der Waals surface area (Å²) in [6.07, 6.45) is 5.29. The van der Waals surface area contributed by atoms with Crippen LogP contribution in [-0.2, 0) is 14.3 Å². The Balaban J connectivity index is 1.42. The van der Waals surface area contributed by atoms with E-state index in [2.05, 4.69) is 36.5 Å². The Morgan fingerprint density at radius 3 is 2.24 bits per heavy atom. The summed E-state index contributed by atoms with van der Waals surface area (Å²) < 4.78 is 11.4. The maximum atomic E-state index is 13.0. The second-order valence-electron chi connectivity index (χ2n) is 9.00. The molecule has 0 radical (unpaired) electrons. The third kappa shape index (κ3) is 5.37. The van der Waals surface area contributed by atoms with Gasteiger partial charge in [-0.2, -0.15) is 0 Å². The van der Waals surface area contributed by atoms with Crippen molar-refractivity contribution in [2.24, 2.45) is 0 Å². The molecular weight excluding hydrogens is 434 g/mol. The molecule has 1 amide bonds. The van der Waals surface area contributed by atoms with Gasteiger partial charge in [-0.1, -0.05) is 61.9 Å². The van der Waals surface area contributed by atoms with Gasteiger partial charge in [0, 0.05) is 5.92 Å². The number of amides is 1. The largest absolute Gasteiger partial charge is 0.460 e. The van der Waals surface area contributed by atoms with Crippen molar-refractivity contribution >= 4 is 23.8 Å². The molecule has 1 fully saturated rings. The van der Waals surface area contributed by atoms with Crippen molar-refractivity contribution in [2.45, 2.75) is 69.3 Å². The van der Waals surface area contributed by atoms with Crippen LogP contribution in [0.15, 0.2) is 48.5 Å². The summed E-state index contributed by atoms with van der Waals surface area (Å²) in [5.41, 5.74) is 4.68. The standard InChI is InChI=1S/C27H33NO4S/c1-3-4-17-33-27(2,25(29)32-19-11-5-6-12-19)28-26(30)31-18-24-22-15-9-7-13-20(22)21-14-8-10-16-23(21)24/h7-10,13-16,19,24H,3-6,11-12,17-18H2,1-2H3,(H,28,30). The second-order valence-corrected chi connectivity index (χ2v) is 10.5. The van der Waals surface area contributed by atoms with Gasteiger partial charge in [0.1, 0.15) is 12.7 Å². The van der Waals surface area contributed by atoms with E-state index in [4.69, 9.17) is 9.47 Å². The zero-order valence-electron chi connectivity index (χ0n) is 19.5. The number of unbranched alkanes of at least 4 members (excludes halogenated alkanes) is 1. The lowest BCUT2D eigenvalue weighted by Gasteiger charge is -2.29. The van der Waals surface area contributed by atoms with Crippen LogP contribution in [0, 0.1) is 0 Å². The van der Waals surface area contributed by atoms with Gasteiger partial charge in [0.25, 0.3) is 0 Å². The lowest BCUT2D eigenvalue weighted by atomic mass is 9.98. The normalized spacial score (nSPS) is 17.2. The van der Waals surface area contributed by atoms with Crippen LogP contribution in [-0.4, -0.2) is 35.4 Å². The van der Waals surface area contributed by atoms with Crippen molar-refractivity contribution in [3.8, 4) is 11.1 Å².